The second kappa shape index (κ2) is 7.96. The molecule has 1 aromatic carbocycles. The molecule has 126 valence electrons. The van der Waals surface area contributed by atoms with E-state index in [4.69, 9.17) is 9.47 Å². The minimum absolute atomic E-state index is 0.0385. The third-order valence-corrected chi connectivity index (χ3v) is 3.44. The summed E-state index contributed by atoms with van der Waals surface area (Å²) in [5.74, 6) is 1.94. The maximum absolute atomic E-state index is 10.7. The summed E-state index contributed by atoms with van der Waals surface area (Å²) in [6.45, 7) is 4.86. The van der Waals surface area contributed by atoms with Crippen LogP contribution in [-0.4, -0.2) is 30.7 Å². The molecule has 0 saturated carbocycles. The summed E-state index contributed by atoms with van der Waals surface area (Å²) in [5, 5.41) is 10.7. The molecule has 0 unspecified atom stereocenters. The fraction of sp³-hybridized carbons (Fsp3) is 0.235. The van der Waals surface area contributed by atoms with Crippen molar-refractivity contribution in [1.29, 1.82) is 0 Å². The van der Waals surface area contributed by atoms with Gasteiger partial charge in [0.15, 0.2) is 11.5 Å². The fourth-order valence-electron chi connectivity index (χ4n) is 2.27. The quantitative estimate of drug-likeness (QED) is 0.420. The van der Waals surface area contributed by atoms with Crippen LogP contribution in [0.4, 0.5) is 11.5 Å². The van der Waals surface area contributed by atoms with Crippen molar-refractivity contribution in [3.8, 4) is 11.5 Å². The smallest absolute Gasteiger partial charge is 0.287 e. The summed E-state index contributed by atoms with van der Waals surface area (Å²) >= 11 is 0. The maximum atomic E-state index is 10.7. The predicted octanol–water partition coefficient (Wildman–Crippen LogP) is 3.20. The molecule has 0 atom stereocenters. The van der Waals surface area contributed by atoms with E-state index in [1.165, 1.54) is 12.3 Å². The van der Waals surface area contributed by atoms with E-state index < -0.39 is 4.92 Å². The van der Waals surface area contributed by atoms with Gasteiger partial charge in [-0.05, 0) is 23.8 Å². The number of pyridine rings is 1. The number of nitrogens with zero attached hydrogens (tertiary/aromatic N) is 3. The molecule has 0 radical (unpaired) electrons. The highest BCUT2D eigenvalue weighted by atomic mass is 16.6. The van der Waals surface area contributed by atoms with Crippen LogP contribution in [0.2, 0.25) is 0 Å². The Morgan fingerprint density at radius 2 is 2.00 bits per heavy atom. The van der Waals surface area contributed by atoms with Crippen LogP contribution in [0.25, 0.3) is 0 Å². The average molecular weight is 329 g/mol. The van der Waals surface area contributed by atoms with Gasteiger partial charge >= 0.3 is 0 Å². The Hall–Kier alpha value is -3.09. The molecule has 24 heavy (non-hydrogen) atoms. The first kappa shape index (κ1) is 17.3. The molecule has 2 aromatic rings. The third kappa shape index (κ3) is 4.01. The summed E-state index contributed by atoms with van der Waals surface area (Å²) < 4.78 is 10.5. The van der Waals surface area contributed by atoms with Crippen LogP contribution in [0.3, 0.4) is 0 Å². The second-order valence-corrected chi connectivity index (χ2v) is 4.99. The molecule has 0 aliphatic carbocycles. The Morgan fingerprint density at radius 3 is 2.54 bits per heavy atom. The van der Waals surface area contributed by atoms with Crippen LogP contribution in [-0.2, 0) is 6.54 Å². The number of hydrogen-bond donors (Lipinski definition) is 0. The normalized spacial score (nSPS) is 10.1. The first-order valence-electron chi connectivity index (χ1n) is 7.26. The number of hydrogen-bond acceptors (Lipinski definition) is 6. The lowest BCUT2D eigenvalue weighted by molar-refractivity contribution is -0.385. The van der Waals surface area contributed by atoms with Gasteiger partial charge in [-0.2, -0.15) is 0 Å². The highest BCUT2D eigenvalue weighted by molar-refractivity contribution is 5.47. The van der Waals surface area contributed by atoms with Gasteiger partial charge < -0.3 is 14.4 Å². The van der Waals surface area contributed by atoms with Gasteiger partial charge in [0.05, 0.1) is 19.1 Å². The molecule has 0 bridgehead atoms. The number of ether oxygens (including phenoxy) is 2. The molecule has 7 heteroatoms. The van der Waals surface area contributed by atoms with Crippen molar-refractivity contribution in [2.24, 2.45) is 0 Å². The van der Waals surface area contributed by atoms with Crippen molar-refractivity contribution in [2.45, 2.75) is 6.54 Å². The van der Waals surface area contributed by atoms with E-state index in [2.05, 4.69) is 11.6 Å². The molecule has 7 nitrogen and oxygen atoms in total. The molecule has 0 saturated heterocycles. The Labute approximate surface area is 140 Å². The van der Waals surface area contributed by atoms with E-state index in [9.17, 15) is 10.1 Å². The van der Waals surface area contributed by atoms with Crippen LogP contribution in [0.1, 0.15) is 5.56 Å². The van der Waals surface area contributed by atoms with E-state index in [1.54, 1.807) is 26.4 Å². The van der Waals surface area contributed by atoms with Crippen molar-refractivity contribution in [1.82, 2.24) is 4.98 Å². The van der Waals surface area contributed by atoms with Crippen molar-refractivity contribution in [3.05, 3.63) is 64.9 Å². The SMILES string of the molecule is C=CCN(Cc1ccc(OC)c(OC)c1)c1ccc([N+](=O)[O-])cn1. The monoisotopic (exact) mass is 329 g/mol. The number of aromatic nitrogens is 1. The summed E-state index contributed by atoms with van der Waals surface area (Å²) in [5.41, 5.74) is 0.957. The standard InChI is InChI=1S/C17H19N3O4/c1-4-9-19(17-8-6-14(11-18-17)20(21)22)12-13-5-7-15(23-2)16(10-13)24-3/h4-8,10-11H,1,9,12H2,2-3H3. The van der Waals surface area contributed by atoms with Crippen LogP contribution in [0, 0.1) is 10.1 Å². The summed E-state index contributed by atoms with van der Waals surface area (Å²) in [7, 11) is 3.17. The van der Waals surface area contributed by atoms with Gasteiger partial charge in [0.25, 0.3) is 5.69 Å². The molecule has 0 aliphatic rings. The van der Waals surface area contributed by atoms with Gasteiger partial charge in [0, 0.05) is 19.2 Å². The Kier molecular flexibility index (Phi) is 5.73. The molecule has 1 aromatic heterocycles. The summed E-state index contributed by atoms with van der Waals surface area (Å²) in [6.07, 6.45) is 3.00. The third-order valence-electron chi connectivity index (χ3n) is 3.44. The highest BCUT2D eigenvalue weighted by Gasteiger charge is 2.12. The topological polar surface area (TPSA) is 77.7 Å². The second-order valence-electron chi connectivity index (χ2n) is 4.99. The summed E-state index contributed by atoms with van der Waals surface area (Å²) in [4.78, 5) is 16.4. The van der Waals surface area contributed by atoms with Crippen molar-refractivity contribution in [3.63, 3.8) is 0 Å². The number of rotatable bonds is 8. The van der Waals surface area contributed by atoms with Crippen molar-refractivity contribution in [2.75, 3.05) is 25.7 Å². The molecule has 0 spiro atoms. The molecule has 0 N–H and O–H groups in total. The van der Waals surface area contributed by atoms with Gasteiger partial charge in [-0.1, -0.05) is 12.1 Å². The predicted molar refractivity (Wildman–Crippen MR) is 91.7 cm³/mol. The number of methoxy groups -OCH3 is 2. The lowest BCUT2D eigenvalue weighted by Gasteiger charge is -2.22. The molecule has 0 aliphatic heterocycles. The molecule has 1 heterocycles. The van der Waals surface area contributed by atoms with E-state index >= 15 is 0 Å². The first-order valence-corrected chi connectivity index (χ1v) is 7.26. The van der Waals surface area contributed by atoms with Crippen LogP contribution in [0.5, 0.6) is 11.5 Å². The number of anilines is 1. The Bertz CT molecular complexity index is 716. The minimum Gasteiger partial charge on any atom is -0.493 e. The first-order chi connectivity index (χ1) is 11.6. The van der Waals surface area contributed by atoms with Crippen LogP contribution >= 0.6 is 0 Å². The Morgan fingerprint density at radius 1 is 1.25 bits per heavy atom. The fourth-order valence-corrected chi connectivity index (χ4v) is 2.27. The van der Waals surface area contributed by atoms with E-state index in [0.717, 1.165) is 5.56 Å². The number of nitro groups is 1. The van der Waals surface area contributed by atoms with Crippen molar-refractivity contribution < 1.29 is 14.4 Å². The zero-order valence-corrected chi connectivity index (χ0v) is 13.6. The van der Waals surface area contributed by atoms with E-state index in [0.29, 0.717) is 30.4 Å². The molecular weight excluding hydrogens is 310 g/mol. The molecular formula is C17H19N3O4. The molecule has 0 amide bonds. The Balaban J connectivity index is 2.24. The zero-order chi connectivity index (χ0) is 17.5. The van der Waals surface area contributed by atoms with Crippen LogP contribution in [0.15, 0.2) is 49.2 Å². The van der Waals surface area contributed by atoms with E-state index in [-0.39, 0.29) is 5.69 Å². The minimum atomic E-state index is -0.469. The van der Waals surface area contributed by atoms with Gasteiger partial charge in [-0.25, -0.2) is 4.98 Å². The van der Waals surface area contributed by atoms with Gasteiger partial charge in [-0.3, -0.25) is 10.1 Å². The lowest BCUT2D eigenvalue weighted by atomic mass is 10.2. The molecule has 2 rings (SSSR count). The summed E-state index contributed by atoms with van der Waals surface area (Å²) in [6, 6.07) is 8.72. The lowest BCUT2D eigenvalue weighted by Crippen LogP contribution is -2.23. The largest absolute Gasteiger partial charge is 0.493 e. The van der Waals surface area contributed by atoms with Crippen molar-refractivity contribution >= 4 is 11.5 Å². The van der Waals surface area contributed by atoms with Gasteiger partial charge in [0.1, 0.15) is 12.0 Å². The molecule has 0 fully saturated rings. The zero-order valence-electron chi connectivity index (χ0n) is 13.6. The van der Waals surface area contributed by atoms with Gasteiger partial charge in [-0.15, -0.1) is 6.58 Å². The van der Waals surface area contributed by atoms with Crippen LogP contribution < -0.4 is 14.4 Å². The average Bonchev–Trinajstić information content (AvgIpc) is 2.61. The maximum Gasteiger partial charge on any atom is 0.287 e. The highest BCUT2D eigenvalue weighted by Crippen LogP contribution is 2.28. The number of benzene rings is 1. The van der Waals surface area contributed by atoms with Gasteiger partial charge in [0.2, 0.25) is 0 Å². The van der Waals surface area contributed by atoms with E-state index in [1.807, 2.05) is 23.1 Å².